The number of nitrogens with zero attached hydrogens (tertiary/aromatic N) is 1. The van der Waals surface area contributed by atoms with Gasteiger partial charge in [-0.05, 0) is 45.4 Å². The van der Waals surface area contributed by atoms with E-state index in [0.29, 0.717) is 16.7 Å². The monoisotopic (exact) mass is 342 g/mol. The molecule has 5 heteroatoms. The zero-order chi connectivity index (χ0) is 13.8. The van der Waals surface area contributed by atoms with Crippen LogP contribution in [0.25, 0.3) is 0 Å². The number of hydrogen-bond donors (Lipinski definition) is 1. The van der Waals surface area contributed by atoms with Gasteiger partial charge >= 0.3 is 0 Å². The molecular weight excluding hydrogens is 327 g/mol. The average molecular weight is 343 g/mol. The molecule has 0 amide bonds. The first-order valence-corrected chi connectivity index (χ1v) is 7.71. The Morgan fingerprint density at radius 3 is 2.79 bits per heavy atom. The number of thiophene rings is 1. The molecule has 0 spiro atoms. The van der Waals surface area contributed by atoms with Crippen LogP contribution in [0.3, 0.4) is 0 Å². The van der Waals surface area contributed by atoms with Crippen molar-refractivity contribution in [1.82, 2.24) is 0 Å². The van der Waals surface area contributed by atoms with Gasteiger partial charge in [0.15, 0.2) is 5.82 Å². The highest BCUT2D eigenvalue weighted by Crippen LogP contribution is 2.29. The maximum Gasteiger partial charge on any atom is 0.160 e. The van der Waals surface area contributed by atoms with Crippen LogP contribution < -0.4 is 10.6 Å². The van der Waals surface area contributed by atoms with Gasteiger partial charge in [-0.2, -0.15) is 0 Å². The zero-order valence-electron chi connectivity index (χ0n) is 10.7. The van der Waals surface area contributed by atoms with E-state index in [9.17, 15) is 4.39 Å². The molecule has 0 aliphatic rings. The van der Waals surface area contributed by atoms with Gasteiger partial charge in [0.05, 0.1) is 10.2 Å². The van der Waals surface area contributed by atoms with Gasteiger partial charge in [0.25, 0.3) is 0 Å². The van der Waals surface area contributed by atoms with E-state index in [-0.39, 0.29) is 5.82 Å². The van der Waals surface area contributed by atoms with Gasteiger partial charge in [-0.3, -0.25) is 0 Å². The summed E-state index contributed by atoms with van der Waals surface area (Å²) in [6.45, 7) is 1.11. The fourth-order valence-electron chi connectivity index (χ4n) is 1.88. The van der Waals surface area contributed by atoms with Gasteiger partial charge in [0, 0.05) is 25.0 Å². The maximum atomic E-state index is 14.2. The molecule has 2 rings (SSSR count). The Morgan fingerprint density at radius 2 is 2.16 bits per heavy atom. The molecule has 0 bridgehead atoms. The summed E-state index contributed by atoms with van der Waals surface area (Å²) in [4.78, 5) is 3.24. The highest BCUT2D eigenvalue weighted by molar-refractivity contribution is 9.10. The minimum Gasteiger partial charge on any atom is -0.372 e. The molecule has 0 saturated carbocycles. The third kappa shape index (κ3) is 3.35. The third-order valence-corrected chi connectivity index (χ3v) is 4.84. The van der Waals surface area contributed by atoms with Crippen molar-refractivity contribution in [3.63, 3.8) is 0 Å². The summed E-state index contributed by atoms with van der Waals surface area (Å²) in [6, 6.07) is 7.79. The Labute approximate surface area is 125 Å². The first-order valence-electron chi connectivity index (χ1n) is 6.04. The van der Waals surface area contributed by atoms with Crippen molar-refractivity contribution in [2.24, 2.45) is 5.73 Å². The Kier molecular flexibility index (Phi) is 4.96. The molecular formula is C14H16BrFN2S. The number of hydrogen-bond acceptors (Lipinski definition) is 3. The predicted molar refractivity (Wildman–Crippen MR) is 83.3 cm³/mol. The second kappa shape index (κ2) is 6.50. The Hall–Kier alpha value is -0.910. The largest absolute Gasteiger partial charge is 0.372 e. The van der Waals surface area contributed by atoms with E-state index in [1.807, 2.05) is 24.1 Å². The van der Waals surface area contributed by atoms with Crippen LogP contribution in [0.5, 0.6) is 0 Å². The van der Waals surface area contributed by atoms with Crippen LogP contribution in [0.1, 0.15) is 10.4 Å². The van der Waals surface area contributed by atoms with Gasteiger partial charge in [-0.1, -0.05) is 12.1 Å². The summed E-state index contributed by atoms with van der Waals surface area (Å²) in [7, 11) is 1.90. The van der Waals surface area contributed by atoms with Gasteiger partial charge in [0.1, 0.15) is 0 Å². The summed E-state index contributed by atoms with van der Waals surface area (Å²) in [6.07, 6.45) is 0.921. The number of rotatable bonds is 5. The molecule has 1 aromatic carbocycles. The average Bonchev–Trinajstić information content (AvgIpc) is 2.92. The van der Waals surface area contributed by atoms with E-state index >= 15 is 0 Å². The molecule has 2 aromatic rings. The predicted octanol–water partition coefficient (Wildman–Crippen LogP) is 3.79. The minimum atomic E-state index is -0.239. The van der Waals surface area contributed by atoms with Crippen molar-refractivity contribution in [2.45, 2.75) is 13.0 Å². The number of anilines is 1. The van der Waals surface area contributed by atoms with E-state index in [0.717, 1.165) is 18.5 Å². The first-order chi connectivity index (χ1) is 9.13. The molecule has 2 nitrogen and oxygen atoms in total. The molecule has 19 heavy (non-hydrogen) atoms. The molecule has 2 N–H and O–H groups in total. The SMILES string of the molecule is CN(CCc1cccs1)c1ccc(CN)c(Br)c1F. The number of halogens is 2. The molecule has 102 valence electrons. The molecule has 1 aromatic heterocycles. The van der Waals surface area contributed by atoms with Crippen LogP contribution in [0.4, 0.5) is 10.1 Å². The quantitative estimate of drug-likeness (QED) is 0.895. The molecule has 0 atom stereocenters. The summed E-state index contributed by atoms with van der Waals surface area (Å²) in [5, 5.41) is 2.06. The summed E-state index contributed by atoms with van der Waals surface area (Å²) >= 11 is 5.00. The van der Waals surface area contributed by atoms with Crippen molar-refractivity contribution in [3.8, 4) is 0 Å². The van der Waals surface area contributed by atoms with E-state index in [2.05, 4.69) is 27.4 Å². The number of nitrogens with two attached hydrogens (primary N) is 1. The standard InChI is InChI=1S/C14H16BrFN2S/c1-18(7-6-11-3-2-8-19-11)12-5-4-10(9-17)13(15)14(12)16/h2-5,8H,6-7,9,17H2,1H3. The smallest absolute Gasteiger partial charge is 0.160 e. The van der Waals surface area contributed by atoms with E-state index in [4.69, 9.17) is 5.73 Å². The normalized spacial score (nSPS) is 10.7. The van der Waals surface area contributed by atoms with Crippen molar-refractivity contribution < 1.29 is 4.39 Å². The highest BCUT2D eigenvalue weighted by Gasteiger charge is 2.13. The lowest BCUT2D eigenvalue weighted by Gasteiger charge is -2.21. The van der Waals surface area contributed by atoms with Gasteiger partial charge in [0.2, 0.25) is 0 Å². The molecule has 0 radical (unpaired) electrons. The molecule has 0 saturated heterocycles. The van der Waals surface area contributed by atoms with Crippen LogP contribution in [0.15, 0.2) is 34.1 Å². The van der Waals surface area contributed by atoms with Crippen molar-refractivity contribution >= 4 is 33.0 Å². The van der Waals surface area contributed by atoms with E-state index in [1.54, 1.807) is 17.4 Å². The molecule has 0 fully saturated rings. The lowest BCUT2D eigenvalue weighted by Crippen LogP contribution is -2.21. The van der Waals surface area contributed by atoms with Crippen LogP contribution in [0.2, 0.25) is 0 Å². The fourth-order valence-corrected chi connectivity index (χ4v) is 3.08. The zero-order valence-corrected chi connectivity index (χ0v) is 13.1. The van der Waals surface area contributed by atoms with Gasteiger partial charge < -0.3 is 10.6 Å². The lowest BCUT2D eigenvalue weighted by molar-refractivity contribution is 0.613. The topological polar surface area (TPSA) is 29.3 Å². The molecule has 0 aliphatic heterocycles. The number of likely N-dealkylation sites (N-methyl/N-ethyl adjacent to an activating group) is 1. The lowest BCUT2D eigenvalue weighted by atomic mass is 10.2. The summed E-state index contributed by atoms with van der Waals surface area (Å²) < 4.78 is 14.7. The molecule has 1 heterocycles. The second-order valence-electron chi connectivity index (χ2n) is 4.33. The second-order valence-corrected chi connectivity index (χ2v) is 6.15. The third-order valence-electron chi connectivity index (χ3n) is 3.05. The fraction of sp³-hybridized carbons (Fsp3) is 0.286. The van der Waals surface area contributed by atoms with Crippen molar-refractivity contribution in [2.75, 3.05) is 18.5 Å². The van der Waals surface area contributed by atoms with Crippen molar-refractivity contribution in [3.05, 3.63) is 50.4 Å². The van der Waals surface area contributed by atoms with E-state index < -0.39 is 0 Å². The van der Waals surface area contributed by atoms with Crippen LogP contribution in [-0.2, 0) is 13.0 Å². The summed E-state index contributed by atoms with van der Waals surface area (Å²) in [5.41, 5.74) is 6.94. The first kappa shape index (κ1) is 14.5. The van der Waals surface area contributed by atoms with Crippen LogP contribution in [0, 0.1) is 5.82 Å². The Balaban J connectivity index is 2.10. The van der Waals surface area contributed by atoms with Crippen LogP contribution >= 0.6 is 27.3 Å². The van der Waals surface area contributed by atoms with Gasteiger partial charge in [-0.15, -0.1) is 11.3 Å². The maximum absolute atomic E-state index is 14.2. The molecule has 0 aliphatic carbocycles. The number of benzene rings is 1. The van der Waals surface area contributed by atoms with E-state index in [1.165, 1.54) is 4.88 Å². The Morgan fingerprint density at radius 1 is 1.37 bits per heavy atom. The highest BCUT2D eigenvalue weighted by atomic mass is 79.9. The van der Waals surface area contributed by atoms with Crippen LogP contribution in [-0.4, -0.2) is 13.6 Å². The summed E-state index contributed by atoms with van der Waals surface area (Å²) in [5.74, 6) is -0.239. The minimum absolute atomic E-state index is 0.239. The van der Waals surface area contributed by atoms with Crippen molar-refractivity contribution in [1.29, 1.82) is 0 Å². The van der Waals surface area contributed by atoms with Gasteiger partial charge in [-0.25, -0.2) is 4.39 Å². The molecule has 0 unspecified atom stereocenters. The Bertz CT molecular complexity index is 543.